The lowest BCUT2D eigenvalue weighted by molar-refractivity contribution is 0.557. The molecule has 102 valence electrons. The fraction of sp³-hybridized carbons (Fsp3) is 0.214. The predicted molar refractivity (Wildman–Crippen MR) is 81.4 cm³/mol. The van der Waals surface area contributed by atoms with Crippen LogP contribution in [0.25, 0.3) is 10.2 Å². The van der Waals surface area contributed by atoms with Crippen LogP contribution in [0.1, 0.15) is 23.1 Å². The van der Waals surface area contributed by atoms with Crippen molar-refractivity contribution in [2.45, 2.75) is 20.8 Å². The summed E-state index contributed by atoms with van der Waals surface area (Å²) in [5.41, 5.74) is 4.98. The van der Waals surface area contributed by atoms with E-state index in [1.165, 1.54) is 10.4 Å². The fourth-order valence-corrected chi connectivity index (χ4v) is 2.94. The van der Waals surface area contributed by atoms with E-state index in [-0.39, 0.29) is 0 Å². The van der Waals surface area contributed by atoms with Crippen LogP contribution in [0.3, 0.4) is 0 Å². The molecule has 0 aliphatic heterocycles. The number of nitrogens with zero attached hydrogens (tertiary/aromatic N) is 3. The number of furan rings is 1. The van der Waals surface area contributed by atoms with Crippen molar-refractivity contribution < 1.29 is 4.42 Å². The Kier molecular flexibility index (Phi) is 3.23. The van der Waals surface area contributed by atoms with Crippen LogP contribution < -0.4 is 5.43 Å². The Balaban J connectivity index is 1.97. The molecule has 0 saturated carbocycles. The van der Waals surface area contributed by atoms with Crippen molar-refractivity contribution >= 4 is 33.1 Å². The minimum Gasteiger partial charge on any atom is -0.463 e. The Morgan fingerprint density at radius 1 is 1.35 bits per heavy atom. The molecule has 0 saturated heterocycles. The summed E-state index contributed by atoms with van der Waals surface area (Å²) in [7, 11) is 0. The highest BCUT2D eigenvalue weighted by Crippen LogP contribution is 2.32. The number of hydrogen-bond donors (Lipinski definition) is 1. The van der Waals surface area contributed by atoms with E-state index in [0.717, 1.165) is 27.5 Å². The van der Waals surface area contributed by atoms with Gasteiger partial charge in [-0.1, -0.05) is 0 Å². The summed E-state index contributed by atoms with van der Waals surface area (Å²) < 4.78 is 5.30. The zero-order valence-corrected chi connectivity index (χ0v) is 12.3. The molecule has 0 unspecified atom stereocenters. The molecule has 3 rings (SSSR count). The number of anilines is 1. The SMILES string of the molecule is C/C(=N/Nc1ncnc2sc(C)c(C)c12)c1ccco1. The van der Waals surface area contributed by atoms with Gasteiger partial charge < -0.3 is 4.42 Å². The highest BCUT2D eigenvalue weighted by Gasteiger charge is 2.11. The van der Waals surface area contributed by atoms with Crippen LogP contribution in [0.5, 0.6) is 0 Å². The highest BCUT2D eigenvalue weighted by molar-refractivity contribution is 7.18. The van der Waals surface area contributed by atoms with E-state index in [0.29, 0.717) is 0 Å². The molecule has 0 aromatic carbocycles. The Bertz CT molecular complexity index is 774. The topological polar surface area (TPSA) is 63.3 Å². The lowest BCUT2D eigenvalue weighted by Crippen LogP contribution is -2.00. The van der Waals surface area contributed by atoms with Crippen LogP contribution in [-0.2, 0) is 0 Å². The number of rotatable bonds is 3. The summed E-state index contributed by atoms with van der Waals surface area (Å²) in [4.78, 5) is 10.8. The summed E-state index contributed by atoms with van der Waals surface area (Å²) in [6, 6.07) is 3.71. The van der Waals surface area contributed by atoms with Gasteiger partial charge in [-0.15, -0.1) is 11.3 Å². The normalized spacial score (nSPS) is 12.1. The first kappa shape index (κ1) is 12.8. The maximum atomic E-state index is 5.30. The molecule has 20 heavy (non-hydrogen) atoms. The summed E-state index contributed by atoms with van der Waals surface area (Å²) in [5, 5.41) is 5.36. The second kappa shape index (κ2) is 5.05. The number of hydrazone groups is 1. The Morgan fingerprint density at radius 2 is 2.20 bits per heavy atom. The summed E-state index contributed by atoms with van der Waals surface area (Å²) in [6.45, 7) is 6.05. The monoisotopic (exact) mass is 286 g/mol. The maximum absolute atomic E-state index is 5.30. The standard InChI is InChI=1S/C14H14N4OS/c1-8-10(3)20-14-12(8)13(15-7-16-14)18-17-9(2)11-5-4-6-19-11/h4-7H,1-3H3,(H,15,16,18)/b17-9-. The van der Waals surface area contributed by atoms with Crippen LogP contribution in [0.2, 0.25) is 0 Å². The van der Waals surface area contributed by atoms with Gasteiger partial charge in [0.2, 0.25) is 0 Å². The largest absolute Gasteiger partial charge is 0.463 e. The molecule has 0 aliphatic carbocycles. The quantitative estimate of drug-likeness (QED) is 0.588. The Labute approximate surface area is 120 Å². The number of fused-ring (bicyclic) bond motifs is 1. The highest BCUT2D eigenvalue weighted by atomic mass is 32.1. The summed E-state index contributed by atoms with van der Waals surface area (Å²) in [5.74, 6) is 1.46. The molecule has 0 aliphatic rings. The first-order chi connectivity index (χ1) is 9.66. The molecule has 0 radical (unpaired) electrons. The molecular formula is C14H14N4OS. The van der Waals surface area contributed by atoms with Crippen molar-refractivity contribution in [2.24, 2.45) is 5.10 Å². The van der Waals surface area contributed by atoms with Crippen molar-refractivity contribution in [1.29, 1.82) is 0 Å². The van der Waals surface area contributed by atoms with Gasteiger partial charge in [-0.05, 0) is 38.5 Å². The van der Waals surface area contributed by atoms with Gasteiger partial charge in [0.15, 0.2) is 5.82 Å². The van der Waals surface area contributed by atoms with Crippen LogP contribution in [0.4, 0.5) is 5.82 Å². The number of nitrogens with one attached hydrogen (secondary N) is 1. The zero-order chi connectivity index (χ0) is 14.1. The lowest BCUT2D eigenvalue weighted by atomic mass is 10.2. The summed E-state index contributed by atoms with van der Waals surface area (Å²) >= 11 is 1.67. The van der Waals surface area contributed by atoms with E-state index < -0.39 is 0 Å². The smallest absolute Gasteiger partial charge is 0.158 e. The van der Waals surface area contributed by atoms with E-state index >= 15 is 0 Å². The van der Waals surface area contributed by atoms with Gasteiger partial charge in [0, 0.05) is 4.88 Å². The van der Waals surface area contributed by atoms with E-state index in [4.69, 9.17) is 4.42 Å². The lowest BCUT2D eigenvalue weighted by Gasteiger charge is -2.03. The average Bonchev–Trinajstić information content (AvgIpc) is 3.06. The van der Waals surface area contributed by atoms with Gasteiger partial charge in [-0.2, -0.15) is 5.10 Å². The van der Waals surface area contributed by atoms with Crippen LogP contribution >= 0.6 is 11.3 Å². The molecule has 0 fully saturated rings. The fourth-order valence-electron chi connectivity index (χ4n) is 1.94. The van der Waals surface area contributed by atoms with Crippen molar-refractivity contribution in [3.63, 3.8) is 0 Å². The second-order valence-corrected chi connectivity index (χ2v) is 5.68. The Morgan fingerprint density at radius 3 is 2.95 bits per heavy atom. The number of thiophene rings is 1. The van der Waals surface area contributed by atoms with Crippen molar-refractivity contribution in [1.82, 2.24) is 9.97 Å². The predicted octanol–water partition coefficient (Wildman–Crippen LogP) is 3.74. The molecule has 6 heteroatoms. The van der Waals surface area contributed by atoms with Gasteiger partial charge in [-0.3, -0.25) is 5.43 Å². The molecule has 3 heterocycles. The third-order valence-corrected chi connectivity index (χ3v) is 4.29. The minimum absolute atomic E-state index is 0.725. The van der Waals surface area contributed by atoms with E-state index in [1.54, 1.807) is 23.9 Å². The Hall–Kier alpha value is -2.21. The van der Waals surface area contributed by atoms with Crippen LogP contribution in [0.15, 0.2) is 34.2 Å². The maximum Gasteiger partial charge on any atom is 0.158 e. The third-order valence-electron chi connectivity index (χ3n) is 3.17. The molecule has 3 aromatic heterocycles. The molecule has 0 spiro atoms. The van der Waals surface area contributed by atoms with Crippen molar-refractivity contribution in [2.75, 3.05) is 5.43 Å². The van der Waals surface area contributed by atoms with Gasteiger partial charge >= 0.3 is 0 Å². The first-order valence-corrected chi connectivity index (χ1v) is 7.03. The zero-order valence-electron chi connectivity index (χ0n) is 11.5. The first-order valence-electron chi connectivity index (χ1n) is 6.21. The summed E-state index contributed by atoms with van der Waals surface area (Å²) in [6.07, 6.45) is 3.18. The molecule has 0 amide bonds. The van der Waals surface area contributed by atoms with Crippen molar-refractivity contribution in [3.8, 4) is 0 Å². The molecule has 0 atom stereocenters. The van der Waals surface area contributed by atoms with Gasteiger partial charge in [0.05, 0.1) is 11.6 Å². The number of aryl methyl sites for hydroxylation is 2. The molecule has 3 aromatic rings. The molecule has 5 nitrogen and oxygen atoms in total. The van der Waals surface area contributed by atoms with E-state index in [1.807, 2.05) is 19.1 Å². The van der Waals surface area contributed by atoms with Gasteiger partial charge in [0.25, 0.3) is 0 Å². The average molecular weight is 286 g/mol. The molecular weight excluding hydrogens is 272 g/mol. The van der Waals surface area contributed by atoms with Crippen LogP contribution in [0, 0.1) is 13.8 Å². The minimum atomic E-state index is 0.725. The van der Waals surface area contributed by atoms with Crippen LogP contribution in [-0.4, -0.2) is 15.7 Å². The van der Waals surface area contributed by atoms with Gasteiger partial charge in [-0.25, -0.2) is 9.97 Å². The number of aromatic nitrogens is 2. The molecule has 1 N–H and O–H groups in total. The van der Waals surface area contributed by atoms with E-state index in [9.17, 15) is 0 Å². The second-order valence-electron chi connectivity index (χ2n) is 4.47. The third kappa shape index (κ3) is 2.18. The molecule has 0 bridgehead atoms. The van der Waals surface area contributed by atoms with Crippen molar-refractivity contribution in [3.05, 3.63) is 40.9 Å². The van der Waals surface area contributed by atoms with Gasteiger partial charge in [0.1, 0.15) is 22.6 Å². The van der Waals surface area contributed by atoms with E-state index in [2.05, 4.69) is 34.3 Å². The number of hydrogen-bond acceptors (Lipinski definition) is 6.